The molecule has 1 heterocycles. The SMILES string of the molecule is CCN1CCN(Cc2ccc(C(C)(C)C)cc2C)CC1. The molecule has 0 radical (unpaired) electrons. The molecule has 0 saturated carbocycles. The largest absolute Gasteiger partial charge is 0.301 e. The highest BCUT2D eigenvalue weighted by atomic mass is 15.3. The van der Waals surface area contributed by atoms with Crippen molar-refractivity contribution < 1.29 is 0 Å². The molecular formula is C18H30N2. The Morgan fingerprint density at radius 3 is 2.10 bits per heavy atom. The zero-order valence-corrected chi connectivity index (χ0v) is 13.9. The molecule has 1 saturated heterocycles. The lowest BCUT2D eigenvalue weighted by Crippen LogP contribution is -2.45. The summed E-state index contributed by atoms with van der Waals surface area (Å²) in [6, 6.07) is 7.02. The summed E-state index contributed by atoms with van der Waals surface area (Å²) >= 11 is 0. The van der Waals surface area contributed by atoms with Crippen molar-refractivity contribution in [3.05, 3.63) is 34.9 Å². The minimum Gasteiger partial charge on any atom is -0.301 e. The van der Waals surface area contributed by atoms with E-state index >= 15 is 0 Å². The van der Waals surface area contributed by atoms with Crippen LogP contribution in [0.15, 0.2) is 18.2 Å². The molecule has 1 aliphatic heterocycles. The molecule has 1 aromatic rings. The maximum Gasteiger partial charge on any atom is 0.0237 e. The van der Waals surface area contributed by atoms with E-state index in [4.69, 9.17) is 0 Å². The number of rotatable bonds is 3. The van der Waals surface area contributed by atoms with E-state index in [-0.39, 0.29) is 5.41 Å². The Morgan fingerprint density at radius 2 is 1.60 bits per heavy atom. The second-order valence-corrected chi connectivity index (χ2v) is 7.10. The molecule has 20 heavy (non-hydrogen) atoms. The van der Waals surface area contributed by atoms with Gasteiger partial charge in [0, 0.05) is 32.7 Å². The van der Waals surface area contributed by atoms with E-state index in [1.165, 1.54) is 49.4 Å². The molecular weight excluding hydrogens is 244 g/mol. The zero-order valence-electron chi connectivity index (χ0n) is 13.9. The fourth-order valence-corrected chi connectivity index (χ4v) is 2.84. The van der Waals surface area contributed by atoms with Crippen molar-refractivity contribution in [1.82, 2.24) is 9.80 Å². The quantitative estimate of drug-likeness (QED) is 0.833. The molecule has 2 rings (SSSR count). The van der Waals surface area contributed by atoms with Crippen LogP contribution in [-0.4, -0.2) is 42.5 Å². The predicted molar refractivity (Wildman–Crippen MR) is 87.3 cm³/mol. The predicted octanol–water partition coefficient (Wildman–Crippen LogP) is 3.43. The van der Waals surface area contributed by atoms with Crippen LogP contribution in [0.25, 0.3) is 0 Å². The van der Waals surface area contributed by atoms with Gasteiger partial charge in [0.2, 0.25) is 0 Å². The molecule has 2 nitrogen and oxygen atoms in total. The Bertz CT molecular complexity index is 437. The lowest BCUT2D eigenvalue weighted by molar-refractivity contribution is 0.132. The van der Waals surface area contributed by atoms with Gasteiger partial charge in [-0.25, -0.2) is 0 Å². The first kappa shape index (κ1) is 15.5. The lowest BCUT2D eigenvalue weighted by atomic mass is 9.85. The molecule has 0 spiro atoms. The summed E-state index contributed by atoms with van der Waals surface area (Å²) < 4.78 is 0. The molecule has 1 aliphatic rings. The summed E-state index contributed by atoms with van der Waals surface area (Å²) in [6.45, 7) is 18.5. The summed E-state index contributed by atoms with van der Waals surface area (Å²) in [5, 5.41) is 0. The molecule has 1 fully saturated rings. The highest BCUT2D eigenvalue weighted by Gasteiger charge is 2.18. The van der Waals surface area contributed by atoms with Gasteiger partial charge >= 0.3 is 0 Å². The zero-order chi connectivity index (χ0) is 14.8. The van der Waals surface area contributed by atoms with E-state index in [0.29, 0.717) is 0 Å². The molecule has 0 aliphatic carbocycles. The van der Waals surface area contributed by atoms with Crippen molar-refractivity contribution in [2.24, 2.45) is 0 Å². The van der Waals surface area contributed by atoms with Crippen LogP contribution in [0.4, 0.5) is 0 Å². The average molecular weight is 274 g/mol. The van der Waals surface area contributed by atoms with Crippen LogP contribution in [0.3, 0.4) is 0 Å². The molecule has 0 amide bonds. The summed E-state index contributed by atoms with van der Waals surface area (Å²) in [6.07, 6.45) is 0. The van der Waals surface area contributed by atoms with Crippen LogP contribution in [-0.2, 0) is 12.0 Å². The number of piperazine rings is 1. The third kappa shape index (κ3) is 3.83. The van der Waals surface area contributed by atoms with Gasteiger partial charge in [-0.3, -0.25) is 4.90 Å². The molecule has 2 heteroatoms. The number of aryl methyl sites for hydroxylation is 1. The standard InChI is InChI=1S/C18H30N2/c1-6-19-9-11-20(12-10-19)14-16-7-8-17(13-15(16)2)18(3,4)5/h7-8,13H,6,9-12,14H2,1-5H3. The van der Waals surface area contributed by atoms with E-state index in [1.54, 1.807) is 0 Å². The first-order valence-electron chi connectivity index (χ1n) is 7.95. The molecule has 112 valence electrons. The fraction of sp³-hybridized carbons (Fsp3) is 0.667. The Kier molecular flexibility index (Phi) is 4.87. The highest BCUT2D eigenvalue weighted by molar-refractivity contribution is 5.34. The van der Waals surface area contributed by atoms with E-state index in [1.807, 2.05) is 0 Å². The molecule has 0 N–H and O–H groups in total. The Hall–Kier alpha value is -0.860. The molecule has 0 unspecified atom stereocenters. The first-order chi connectivity index (χ1) is 9.40. The highest BCUT2D eigenvalue weighted by Crippen LogP contribution is 2.25. The van der Waals surface area contributed by atoms with Crippen LogP contribution in [0.2, 0.25) is 0 Å². The minimum absolute atomic E-state index is 0.246. The molecule has 1 aromatic carbocycles. The summed E-state index contributed by atoms with van der Waals surface area (Å²) in [5.41, 5.74) is 4.61. The van der Waals surface area contributed by atoms with Crippen LogP contribution in [0, 0.1) is 6.92 Å². The van der Waals surface area contributed by atoms with Crippen molar-refractivity contribution >= 4 is 0 Å². The van der Waals surface area contributed by atoms with Crippen LogP contribution in [0.5, 0.6) is 0 Å². The van der Waals surface area contributed by atoms with Crippen molar-refractivity contribution in [3.63, 3.8) is 0 Å². The van der Waals surface area contributed by atoms with Gasteiger partial charge in [-0.05, 0) is 35.6 Å². The third-order valence-electron chi connectivity index (χ3n) is 4.51. The molecule has 0 aromatic heterocycles. The van der Waals surface area contributed by atoms with Crippen molar-refractivity contribution in [3.8, 4) is 0 Å². The number of nitrogens with zero attached hydrogens (tertiary/aromatic N) is 2. The second-order valence-electron chi connectivity index (χ2n) is 7.10. The van der Waals surface area contributed by atoms with Gasteiger partial charge in [0.15, 0.2) is 0 Å². The molecule has 0 bridgehead atoms. The second kappa shape index (κ2) is 6.28. The monoisotopic (exact) mass is 274 g/mol. The summed E-state index contributed by atoms with van der Waals surface area (Å²) in [4.78, 5) is 5.12. The van der Waals surface area contributed by atoms with E-state index in [9.17, 15) is 0 Å². The van der Waals surface area contributed by atoms with Gasteiger partial charge in [-0.1, -0.05) is 45.9 Å². The number of benzene rings is 1. The maximum absolute atomic E-state index is 2.59. The van der Waals surface area contributed by atoms with Crippen LogP contribution >= 0.6 is 0 Å². The topological polar surface area (TPSA) is 6.48 Å². The number of hydrogen-bond acceptors (Lipinski definition) is 2. The minimum atomic E-state index is 0.246. The summed E-state index contributed by atoms with van der Waals surface area (Å²) in [7, 11) is 0. The van der Waals surface area contributed by atoms with Gasteiger partial charge in [-0.2, -0.15) is 0 Å². The number of hydrogen-bond donors (Lipinski definition) is 0. The van der Waals surface area contributed by atoms with Crippen LogP contribution in [0.1, 0.15) is 44.4 Å². The van der Waals surface area contributed by atoms with E-state index in [2.05, 4.69) is 62.6 Å². The number of likely N-dealkylation sites (N-methyl/N-ethyl adjacent to an activating group) is 1. The van der Waals surface area contributed by atoms with Crippen molar-refractivity contribution in [2.45, 2.75) is 46.6 Å². The van der Waals surface area contributed by atoms with Gasteiger partial charge in [0.1, 0.15) is 0 Å². The van der Waals surface area contributed by atoms with E-state index in [0.717, 1.165) is 6.54 Å². The fourth-order valence-electron chi connectivity index (χ4n) is 2.84. The normalized spacial score (nSPS) is 18.4. The van der Waals surface area contributed by atoms with Crippen molar-refractivity contribution in [2.75, 3.05) is 32.7 Å². The Labute approximate surface area is 124 Å². The van der Waals surface area contributed by atoms with Crippen LogP contribution < -0.4 is 0 Å². The Balaban J connectivity index is 2.00. The third-order valence-corrected chi connectivity index (χ3v) is 4.51. The first-order valence-corrected chi connectivity index (χ1v) is 7.95. The smallest absolute Gasteiger partial charge is 0.0237 e. The van der Waals surface area contributed by atoms with Gasteiger partial charge < -0.3 is 4.90 Å². The maximum atomic E-state index is 2.59. The lowest BCUT2D eigenvalue weighted by Gasteiger charge is -2.34. The van der Waals surface area contributed by atoms with Gasteiger partial charge in [0.25, 0.3) is 0 Å². The van der Waals surface area contributed by atoms with E-state index < -0.39 is 0 Å². The summed E-state index contributed by atoms with van der Waals surface area (Å²) in [5.74, 6) is 0. The molecule has 0 atom stereocenters. The Morgan fingerprint density at radius 1 is 1.00 bits per heavy atom. The van der Waals surface area contributed by atoms with Crippen molar-refractivity contribution in [1.29, 1.82) is 0 Å². The van der Waals surface area contributed by atoms with Gasteiger partial charge in [-0.15, -0.1) is 0 Å². The average Bonchev–Trinajstić information content (AvgIpc) is 2.41. The van der Waals surface area contributed by atoms with Gasteiger partial charge in [0.05, 0.1) is 0 Å².